The number of fused-ring (bicyclic) bond motifs is 25. The molecule has 10 aliphatic rings. The van der Waals surface area contributed by atoms with Crippen LogP contribution in [-0.2, 0) is 55.8 Å². The van der Waals surface area contributed by atoms with Gasteiger partial charge in [-0.05, 0) is 199 Å². The van der Waals surface area contributed by atoms with E-state index in [9.17, 15) is 4.39 Å². The third kappa shape index (κ3) is 17.3. The zero-order valence-corrected chi connectivity index (χ0v) is 84.1. The molecule has 35 nitrogen and oxygen atoms in total. The molecule has 5 atom stereocenters. The summed E-state index contributed by atoms with van der Waals surface area (Å²) in [5.41, 5.74) is 31.4. The minimum absolute atomic E-state index is 0.0671. The molecule has 10 aromatic carbocycles. The van der Waals surface area contributed by atoms with Crippen molar-refractivity contribution in [1.82, 2.24) is 123 Å². The van der Waals surface area contributed by atoms with Crippen molar-refractivity contribution in [3.05, 3.63) is 441 Å². The number of halogens is 7. The third-order valence-electron chi connectivity index (χ3n) is 27.4. The van der Waals surface area contributed by atoms with Crippen molar-refractivity contribution in [3.8, 4) is 56.9 Å². The molecule has 30 rings (SSSR count). The Hall–Kier alpha value is -17.0. The van der Waals surface area contributed by atoms with Crippen LogP contribution in [0.4, 0.5) is 4.39 Å². The van der Waals surface area contributed by atoms with Crippen molar-refractivity contribution in [2.45, 2.75) is 83.1 Å². The van der Waals surface area contributed by atoms with Crippen LogP contribution in [0.2, 0.25) is 30.1 Å². The van der Waals surface area contributed by atoms with E-state index in [2.05, 4.69) is 166 Å². The van der Waals surface area contributed by atoms with Crippen LogP contribution in [0, 0.1) is 26.6 Å². The minimum Gasteiger partial charge on any atom is -0.474 e. The first-order valence-corrected chi connectivity index (χ1v) is 50.2. The van der Waals surface area contributed by atoms with E-state index in [-0.39, 0.29) is 36.0 Å². The predicted molar refractivity (Wildman–Crippen MR) is 559 cm³/mol. The van der Waals surface area contributed by atoms with Gasteiger partial charge in [-0.1, -0.05) is 175 Å². The Kier molecular flexibility index (Phi) is 23.7. The van der Waals surface area contributed by atoms with E-state index in [1.807, 2.05) is 179 Å². The summed E-state index contributed by atoms with van der Waals surface area (Å²) >= 11 is 36.8. The second-order valence-electron chi connectivity index (χ2n) is 36.9. The number of benzene rings is 10. The summed E-state index contributed by atoms with van der Waals surface area (Å²) in [4.78, 5) is 47.3. The molecule has 0 bridgehead atoms. The van der Waals surface area contributed by atoms with E-state index >= 15 is 0 Å². The van der Waals surface area contributed by atoms with Crippen molar-refractivity contribution in [2.75, 3.05) is 33.0 Å². The van der Waals surface area contributed by atoms with Gasteiger partial charge in [-0.15, -0.1) is 25.5 Å². The number of nitrogens with zero attached hydrogens (tertiary/aromatic N) is 30. The Balaban J connectivity index is 0.0000000945. The van der Waals surface area contributed by atoms with Crippen LogP contribution in [0.3, 0.4) is 0 Å². The van der Waals surface area contributed by atoms with E-state index in [1.54, 1.807) is 62.1 Å². The average Bonchev–Trinajstić information content (AvgIpc) is 1.61. The maximum Gasteiger partial charge on any atom is 0.238 e. The highest BCUT2D eigenvalue weighted by Gasteiger charge is 2.39. The molecule has 0 N–H and O–H groups in total. The Morgan fingerprint density at radius 2 is 0.480 bits per heavy atom. The first-order valence-electron chi connectivity index (χ1n) is 47.9. The highest BCUT2D eigenvalue weighted by molar-refractivity contribution is 6.32. The number of aryl methyl sites for hydroxylation is 3. The summed E-state index contributed by atoms with van der Waals surface area (Å²) in [6.45, 7) is 8.47. The van der Waals surface area contributed by atoms with Gasteiger partial charge in [-0.2, -0.15) is 0 Å². The molecular formula is C108H79Cl6FN30O5. The maximum absolute atomic E-state index is 13.2. The van der Waals surface area contributed by atoms with E-state index < -0.39 is 0 Å². The fourth-order valence-electron chi connectivity index (χ4n) is 20.0. The van der Waals surface area contributed by atoms with E-state index in [0.29, 0.717) is 130 Å². The molecular weight excluding hydrogens is 2030 g/mol. The van der Waals surface area contributed by atoms with Crippen LogP contribution in [0.1, 0.15) is 160 Å². The molecule has 0 radical (unpaired) electrons. The monoisotopic (exact) mass is 2100 g/mol. The summed E-state index contributed by atoms with van der Waals surface area (Å²) in [6.07, 6.45) is 20.9. The van der Waals surface area contributed by atoms with Gasteiger partial charge in [0, 0.05) is 62.2 Å². The van der Waals surface area contributed by atoms with Gasteiger partial charge in [0.25, 0.3) is 0 Å². The second-order valence-corrected chi connectivity index (χ2v) is 39.6. The number of ether oxygens (including phenoxy) is 5. The number of hydrogen-bond donors (Lipinski definition) is 0. The van der Waals surface area contributed by atoms with Gasteiger partial charge < -0.3 is 23.7 Å². The summed E-state index contributed by atoms with van der Waals surface area (Å²) in [5.74, 6) is 2.44. The van der Waals surface area contributed by atoms with Gasteiger partial charge in [0.15, 0.2) is 0 Å². The number of rotatable bonds is 10. The molecule has 0 aliphatic carbocycles. The molecule has 20 heterocycles. The number of aromatic nitrogens is 25. The lowest BCUT2D eigenvalue weighted by atomic mass is 10.1. The molecule has 150 heavy (non-hydrogen) atoms. The smallest absolute Gasteiger partial charge is 0.238 e. The van der Waals surface area contributed by atoms with Crippen LogP contribution in [0.15, 0.2) is 300 Å². The molecule has 10 aromatic heterocycles. The van der Waals surface area contributed by atoms with Gasteiger partial charge in [-0.3, -0.25) is 22.8 Å². The van der Waals surface area contributed by atoms with Gasteiger partial charge in [0.05, 0.1) is 145 Å². The normalized spacial score (nSPS) is 16.9. The lowest BCUT2D eigenvalue weighted by Crippen LogP contribution is -2.08. The molecule has 0 fully saturated rings. The molecule has 0 unspecified atom stereocenters. The summed E-state index contributed by atoms with van der Waals surface area (Å²) < 4.78 is 62.7. The zero-order chi connectivity index (χ0) is 101. The minimum atomic E-state index is -0.264. The molecule has 10 aliphatic heterocycles. The van der Waals surface area contributed by atoms with Gasteiger partial charge in [0.1, 0.15) is 129 Å². The van der Waals surface area contributed by atoms with E-state index in [4.69, 9.17) is 118 Å². The lowest BCUT2D eigenvalue weighted by Gasteiger charge is -2.10. The highest BCUT2D eigenvalue weighted by atomic mass is 35.5. The average molecular weight is 2110 g/mol. The van der Waals surface area contributed by atoms with Crippen molar-refractivity contribution >= 4 is 99.1 Å². The van der Waals surface area contributed by atoms with Crippen LogP contribution in [0.5, 0.6) is 0 Å². The van der Waals surface area contributed by atoms with Crippen molar-refractivity contribution in [3.63, 3.8) is 0 Å². The Labute approximate surface area is 882 Å². The fraction of sp³-hybridized carbons (Fsp3) is 0.167. The Bertz CT molecular complexity index is 8240. The summed E-state index contributed by atoms with van der Waals surface area (Å²) in [5, 5.41) is 46.0. The van der Waals surface area contributed by atoms with E-state index in [0.717, 1.165) is 181 Å². The van der Waals surface area contributed by atoms with Crippen molar-refractivity contribution < 1.29 is 28.1 Å². The number of aliphatic imine (C=N–C) groups is 5. The van der Waals surface area contributed by atoms with Crippen LogP contribution in [0.25, 0.3) is 56.9 Å². The zero-order valence-electron chi connectivity index (χ0n) is 79.5. The molecule has 0 saturated carbocycles. The Morgan fingerprint density at radius 3 is 0.747 bits per heavy atom. The van der Waals surface area contributed by atoms with Crippen LogP contribution < -0.4 is 0 Å². The summed E-state index contributed by atoms with van der Waals surface area (Å²) in [6, 6.07) is 66.8. The van der Waals surface area contributed by atoms with Gasteiger partial charge in [0.2, 0.25) is 29.5 Å². The molecule has 42 heteroatoms. The fourth-order valence-corrected chi connectivity index (χ4v) is 21.0. The lowest BCUT2D eigenvalue weighted by molar-refractivity contribution is 0.318. The quantitative estimate of drug-likeness (QED) is 0.123. The van der Waals surface area contributed by atoms with Crippen molar-refractivity contribution in [1.29, 1.82) is 0 Å². The molecule has 740 valence electrons. The SMILES string of the molecule is Cc1ccc2c(c1)-n1nncc1Cc1c(C3=N[C@H](c4ccc(Cl)cc4)CO3)ncn1-2.Cc1ccc2c(c1)-n1nncc1Cc1c(C3=N[C@H](c4ccc(F)cc4)CO3)ncn1-2.Cc1ccc2c(c1)-n1nncc1Cc1c(C3=N[C@H](c4cccc(Cl)c4)CO3)ncn1-2.Clc1ccc([C@@H]2COC(c3ncn4c3Cc3cnnn3-c3cc(Cl)ccc3-4)=N2)cc1.Clc1cccc([C@@H]2COC(c3ncn4c3Cc3cnnn3-c3cc(Cl)ccc3-4)=N2)c1. The first kappa shape index (κ1) is 92.8. The molecule has 0 amide bonds. The predicted octanol–water partition coefficient (Wildman–Crippen LogP) is 19.4. The number of imidazole rings is 5. The molecule has 0 spiro atoms. The molecule has 0 saturated heterocycles. The number of hydrogen-bond acceptors (Lipinski definition) is 25. The maximum atomic E-state index is 13.2. The largest absolute Gasteiger partial charge is 0.474 e. The van der Waals surface area contributed by atoms with Crippen molar-refractivity contribution in [2.24, 2.45) is 25.0 Å². The van der Waals surface area contributed by atoms with Crippen LogP contribution >= 0.6 is 69.6 Å². The van der Waals surface area contributed by atoms with Gasteiger partial charge in [-0.25, -0.2) is 77.7 Å². The third-order valence-corrected chi connectivity index (χ3v) is 28.8. The Morgan fingerprint density at radius 1 is 0.247 bits per heavy atom. The first-order chi connectivity index (χ1) is 73.3. The second kappa shape index (κ2) is 38.3. The molecule has 20 aromatic rings. The van der Waals surface area contributed by atoms with E-state index in [1.165, 1.54) is 12.1 Å². The topological polar surface area (TPSA) is 351 Å². The standard InChI is InChI=1S/2C22H17ClN6O.C22H17FN6O.2C21H14Cl2N6O/c1-13-2-7-18-19(8-13)29-16(10-25-27-29)9-20-21(24-12-28(18)20)22-26-17(11-30-22)14-3-5-15(23)6-4-14;1-13-5-6-18-19(7-13)29-16(10-25-27-29)9-20-21(24-12-28(18)20)22-26-17(11-30-22)14-3-2-4-15(23)8-14;1-13-2-7-18-19(8-13)29-16(10-25-27-29)9-20-21(24-12-28(18)20)22-26-17(11-30-22)14-3-5-15(23)6-4-14;22-13-3-1-12(2-4-13)16-10-30-21(26-16)20-19-8-15-9-25-27-29(15)18-7-14(23)5-6-17(18)28(19)11-24-20;22-13-3-1-2-12(6-13)16-10-30-21(26-16)20-19-8-15-9-25-27-29(15)18-7-14(23)4-5-17(18)28(19)11-24-20/h3*2-8,10,12,17H,9,11H2,1H3;2*1-7,9,11,16H,8,10H2/t3*17-;2*16-/m00000/s1. The van der Waals surface area contributed by atoms with Crippen LogP contribution in [-0.4, -0.2) is 185 Å². The highest BCUT2D eigenvalue weighted by Crippen LogP contribution is 2.42. The summed E-state index contributed by atoms with van der Waals surface area (Å²) in [7, 11) is 0. The van der Waals surface area contributed by atoms with Gasteiger partial charge >= 0.3 is 0 Å².